The average Bonchev–Trinajstić information content (AvgIpc) is 1.05. The second-order valence-corrected chi connectivity index (χ2v) is 32.3. The molecule has 582 valence electrons. The van der Waals surface area contributed by atoms with Crippen molar-refractivity contribution in [3.8, 4) is 0 Å². The van der Waals surface area contributed by atoms with Crippen LogP contribution in [0.25, 0.3) is 0 Å². The number of aliphatic hydroxyl groups excluding tert-OH is 1. The zero-order valence-electron chi connectivity index (χ0n) is 64.1. The molecule has 0 rings (SSSR count). The van der Waals surface area contributed by atoms with Crippen LogP contribution in [-0.4, -0.2) is 96.7 Å². The Bertz CT molecular complexity index is 1890. The van der Waals surface area contributed by atoms with Gasteiger partial charge in [0.1, 0.15) is 19.3 Å². The Morgan fingerprint density at radius 2 is 0.469 bits per heavy atom. The summed E-state index contributed by atoms with van der Waals surface area (Å²) in [6, 6.07) is 0. The molecule has 0 bridgehead atoms. The second-order valence-electron chi connectivity index (χ2n) is 29.4. The normalized spacial score (nSPS) is 13.9. The molecule has 3 N–H and O–H groups in total. The Morgan fingerprint density at radius 3 is 0.694 bits per heavy atom. The first kappa shape index (κ1) is 96.1. The number of hydrogen-bond donors (Lipinski definition) is 3. The number of carbonyl (C=O) groups excluding carboxylic acids is 4. The molecule has 0 radical (unpaired) electrons. The van der Waals surface area contributed by atoms with E-state index in [0.29, 0.717) is 25.7 Å². The lowest BCUT2D eigenvalue weighted by molar-refractivity contribution is -0.161. The van der Waals surface area contributed by atoms with E-state index in [1.165, 1.54) is 231 Å². The molecule has 0 amide bonds. The number of esters is 4. The van der Waals surface area contributed by atoms with Gasteiger partial charge in [0.15, 0.2) is 12.2 Å². The molecule has 0 fully saturated rings. The van der Waals surface area contributed by atoms with E-state index in [-0.39, 0.29) is 25.7 Å². The summed E-state index contributed by atoms with van der Waals surface area (Å²) in [6.07, 6.45) is 59.7. The summed E-state index contributed by atoms with van der Waals surface area (Å²) in [4.78, 5) is 72.9. The third-order valence-electron chi connectivity index (χ3n) is 18.5. The molecule has 0 aliphatic heterocycles. The first-order valence-electron chi connectivity index (χ1n) is 41.0. The number of ether oxygens (including phenoxy) is 4. The van der Waals surface area contributed by atoms with E-state index in [2.05, 4.69) is 41.5 Å². The van der Waals surface area contributed by atoms with Gasteiger partial charge >= 0.3 is 39.5 Å². The molecule has 0 saturated carbocycles. The van der Waals surface area contributed by atoms with Gasteiger partial charge in [-0.2, -0.15) is 0 Å². The van der Waals surface area contributed by atoms with Crippen LogP contribution < -0.4 is 0 Å². The van der Waals surface area contributed by atoms with Crippen LogP contribution >= 0.6 is 15.6 Å². The Hall–Kier alpha value is -1.94. The van der Waals surface area contributed by atoms with Crippen LogP contribution in [0.1, 0.15) is 414 Å². The zero-order valence-corrected chi connectivity index (χ0v) is 65.9. The lowest BCUT2D eigenvalue weighted by Gasteiger charge is -2.21. The third-order valence-corrected chi connectivity index (χ3v) is 20.4. The summed E-state index contributed by atoms with van der Waals surface area (Å²) in [5.74, 6) is -0.593. The van der Waals surface area contributed by atoms with Gasteiger partial charge in [-0.3, -0.25) is 37.3 Å². The number of phosphoric ester groups is 2. The molecule has 17 nitrogen and oxygen atoms in total. The molecular weight excluding hydrogens is 1280 g/mol. The number of phosphoric acid groups is 2. The summed E-state index contributed by atoms with van der Waals surface area (Å²) < 4.78 is 68.6. The molecule has 0 aliphatic rings. The minimum atomic E-state index is -4.96. The number of hydrogen-bond acceptors (Lipinski definition) is 15. The van der Waals surface area contributed by atoms with Crippen LogP contribution in [0.5, 0.6) is 0 Å². The zero-order chi connectivity index (χ0) is 72.1. The van der Waals surface area contributed by atoms with Gasteiger partial charge in [0.2, 0.25) is 0 Å². The summed E-state index contributed by atoms with van der Waals surface area (Å²) in [5, 5.41) is 10.6. The number of carbonyl (C=O) groups is 4. The molecule has 2 unspecified atom stereocenters. The van der Waals surface area contributed by atoms with Gasteiger partial charge in [0.25, 0.3) is 0 Å². The van der Waals surface area contributed by atoms with Crippen LogP contribution in [-0.2, 0) is 65.4 Å². The first-order chi connectivity index (χ1) is 47.4. The van der Waals surface area contributed by atoms with Crippen molar-refractivity contribution in [2.24, 2.45) is 11.8 Å². The van der Waals surface area contributed by atoms with E-state index in [1.54, 1.807) is 0 Å². The van der Waals surface area contributed by atoms with Gasteiger partial charge in [-0.15, -0.1) is 0 Å². The van der Waals surface area contributed by atoms with Crippen molar-refractivity contribution in [2.45, 2.75) is 432 Å². The summed E-state index contributed by atoms with van der Waals surface area (Å²) >= 11 is 0. The summed E-state index contributed by atoms with van der Waals surface area (Å²) in [6.45, 7) is 9.60. The number of aliphatic hydroxyl groups is 1. The van der Waals surface area contributed by atoms with E-state index in [4.69, 9.17) is 37.0 Å². The molecule has 0 aromatic heterocycles. The first-order valence-corrected chi connectivity index (χ1v) is 44.0. The molecule has 0 aromatic carbocycles. The Morgan fingerprint density at radius 1 is 0.276 bits per heavy atom. The van der Waals surface area contributed by atoms with Gasteiger partial charge in [-0.25, -0.2) is 9.13 Å². The van der Waals surface area contributed by atoms with Crippen LogP contribution in [0.2, 0.25) is 0 Å². The van der Waals surface area contributed by atoms with Crippen molar-refractivity contribution in [1.82, 2.24) is 0 Å². The standard InChI is InChI=1S/C79H154O17P2/c1-7-9-11-13-15-17-19-20-21-22-23-24-25-26-27-33-39-45-51-57-63-78(83)95-74(67-90-77(82)62-56-50-44-38-32-29-28-31-35-41-47-53-59-71(3)4)69-93-97(85,86)91-65-73(80)66-92-98(87,88)94-70-75(68-89-76(81)61-55-49-43-37-30-18-16-14-12-10-8-2)96-79(84)64-58-52-46-40-34-36-42-48-54-60-72(5)6/h71-75,80H,7-70H2,1-6H3,(H,85,86)(H,87,88)/t73-,74-,75-/m1/s1. The van der Waals surface area contributed by atoms with Crippen LogP contribution in [0.15, 0.2) is 0 Å². The highest BCUT2D eigenvalue weighted by molar-refractivity contribution is 7.47. The van der Waals surface area contributed by atoms with Crippen molar-refractivity contribution in [3.05, 3.63) is 0 Å². The van der Waals surface area contributed by atoms with Gasteiger partial charge in [-0.05, 0) is 37.5 Å². The highest BCUT2D eigenvalue weighted by atomic mass is 31.2. The van der Waals surface area contributed by atoms with Crippen LogP contribution in [0.4, 0.5) is 0 Å². The molecule has 98 heavy (non-hydrogen) atoms. The van der Waals surface area contributed by atoms with Crippen molar-refractivity contribution in [2.75, 3.05) is 39.6 Å². The predicted octanol–water partition coefficient (Wildman–Crippen LogP) is 23.5. The lowest BCUT2D eigenvalue weighted by atomic mass is 10.0. The highest BCUT2D eigenvalue weighted by Crippen LogP contribution is 2.45. The Kier molecular flexibility index (Phi) is 69.3. The number of unbranched alkanes of at least 4 members (excludes halogenated alkanes) is 48. The maximum Gasteiger partial charge on any atom is 0.472 e. The topological polar surface area (TPSA) is 237 Å². The Labute approximate surface area is 600 Å². The third kappa shape index (κ3) is 72.4. The Balaban J connectivity index is 5.23. The maximum absolute atomic E-state index is 13.1. The van der Waals surface area contributed by atoms with E-state index in [0.717, 1.165) is 102 Å². The molecular formula is C79H154O17P2. The second kappa shape index (κ2) is 70.7. The minimum absolute atomic E-state index is 0.106. The molecule has 0 aromatic rings. The molecule has 19 heteroatoms. The maximum atomic E-state index is 13.1. The van der Waals surface area contributed by atoms with E-state index < -0.39 is 97.5 Å². The molecule has 0 heterocycles. The monoisotopic (exact) mass is 1440 g/mol. The highest BCUT2D eigenvalue weighted by Gasteiger charge is 2.30. The smallest absolute Gasteiger partial charge is 0.462 e. The predicted molar refractivity (Wildman–Crippen MR) is 400 cm³/mol. The van der Waals surface area contributed by atoms with E-state index >= 15 is 0 Å². The van der Waals surface area contributed by atoms with Crippen LogP contribution in [0.3, 0.4) is 0 Å². The summed E-state index contributed by atoms with van der Waals surface area (Å²) in [5.41, 5.74) is 0. The molecule has 0 aliphatic carbocycles. The molecule has 0 saturated heterocycles. The van der Waals surface area contributed by atoms with Gasteiger partial charge in [0.05, 0.1) is 26.4 Å². The van der Waals surface area contributed by atoms with Gasteiger partial charge in [-0.1, -0.05) is 363 Å². The van der Waals surface area contributed by atoms with Crippen molar-refractivity contribution >= 4 is 39.5 Å². The van der Waals surface area contributed by atoms with Gasteiger partial charge < -0.3 is 33.8 Å². The van der Waals surface area contributed by atoms with Crippen molar-refractivity contribution in [3.63, 3.8) is 0 Å². The quantitative estimate of drug-likeness (QED) is 0.0222. The van der Waals surface area contributed by atoms with Gasteiger partial charge in [0, 0.05) is 25.7 Å². The van der Waals surface area contributed by atoms with Crippen LogP contribution in [0, 0.1) is 11.8 Å². The van der Waals surface area contributed by atoms with Crippen molar-refractivity contribution < 1.29 is 80.2 Å². The summed E-state index contributed by atoms with van der Waals surface area (Å²) in [7, 11) is -9.92. The largest absolute Gasteiger partial charge is 0.472 e. The fourth-order valence-corrected chi connectivity index (χ4v) is 13.8. The van der Waals surface area contributed by atoms with E-state index in [9.17, 15) is 43.2 Å². The fourth-order valence-electron chi connectivity index (χ4n) is 12.2. The average molecular weight is 1440 g/mol. The SMILES string of the molecule is CCCCCCCCCCCCCCCCCCCCCCC(=O)O[C@H](COC(=O)CCCCCCCCCCCCCCC(C)C)COP(=O)(O)OC[C@@H](O)COP(=O)(O)OC[C@@H](COC(=O)CCCCCCCCCCCCC)OC(=O)CCCCCCCCCCCC(C)C. The fraction of sp³-hybridized carbons (Fsp3) is 0.949. The molecule has 0 spiro atoms. The number of rotatable bonds is 78. The molecule has 5 atom stereocenters. The lowest BCUT2D eigenvalue weighted by Crippen LogP contribution is -2.30. The van der Waals surface area contributed by atoms with Crippen molar-refractivity contribution in [1.29, 1.82) is 0 Å². The van der Waals surface area contributed by atoms with E-state index in [1.807, 2.05) is 0 Å². The minimum Gasteiger partial charge on any atom is -0.462 e.